The van der Waals surface area contributed by atoms with Crippen LogP contribution in [0.2, 0.25) is 0 Å². The van der Waals surface area contributed by atoms with Gasteiger partial charge in [-0.25, -0.2) is 0 Å². The standard InChI is InChI=1S/C18H20O4/c1-4-12-13-8-6-5-7-11(13)9-10-14(12)15-16(19)21-18(2,3)22-17(15)20/h4-8,12,14-15H,1,9-10H2,2-3H3/t12-,14?/m1/s1. The van der Waals surface area contributed by atoms with Gasteiger partial charge in [0, 0.05) is 19.8 Å². The van der Waals surface area contributed by atoms with E-state index in [1.165, 1.54) is 5.56 Å². The van der Waals surface area contributed by atoms with Crippen LogP contribution in [0.25, 0.3) is 0 Å². The van der Waals surface area contributed by atoms with Gasteiger partial charge in [0.15, 0.2) is 5.92 Å². The first-order chi connectivity index (χ1) is 10.4. The number of hydrogen-bond acceptors (Lipinski definition) is 4. The van der Waals surface area contributed by atoms with Crippen molar-refractivity contribution >= 4 is 11.9 Å². The third kappa shape index (κ3) is 2.43. The summed E-state index contributed by atoms with van der Waals surface area (Å²) in [5, 5.41) is 0. The molecule has 0 aromatic heterocycles. The Kier molecular flexibility index (Phi) is 3.55. The molecule has 1 heterocycles. The Morgan fingerprint density at radius 1 is 1.18 bits per heavy atom. The smallest absolute Gasteiger partial charge is 0.323 e. The lowest BCUT2D eigenvalue weighted by Gasteiger charge is -2.40. The fraction of sp³-hybridized carbons (Fsp3) is 0.444. The van der Waals surface area contributed by atoms with Gasteiger partial charge >= 0.3 is 11.9 Å². The summed E-state index contributed by atoms with van der Waals surface area (Å²) in [5.74, 6) is -3.24. The number of carbonyl (C=O) groups excluding carboxylic acids is 2. The SMILES string of the molecule is C=C[C@@H]1c2ccccc2CCC1C1C(=O)OC(C)(C)OC1=O. The first-order valence-electron chi connectivity index (χ1n) is 7.59. The maximum Gasteiger partial charge on any atom is 0.323 e. The molecule has 1 aliphatic heterocycles. The van der Waals surface area contributed by atoms with Crippen molar-refractivity contribution in [3.05, 3.63) is 48.0 Å². The van der Waals surface area contributed by atoms with Crippen molar-refractivity contribution in [1.29, 1.82) is 0 Å². The molecule has 1 saturated heterocycles. The largest absolute Gasteiger partial charge is 0.422 e. The van der Waals surface area contributed by atoms with E-state index in [-0.39, 0.29) is 11.8 Å². The zero-order valence-electron chi connectivity index (χ0n) is 12.9. The van der Waals surface area contributed by atoms with Crippen LogP contribution in [0.3, 0.4) is 0 Å². The first-order valence-corrected chi connectivity index (χ1v) is 7.59. The van der Waals surface area contributed by atoms with Crippen molar-refractivity contribution in [1.82, 2.24) is 0 Å². The first kappa shape index (κ1) is 14.8. The summed E-state index contributed by atoms with van der Waals surface area (Å²) in [4.78, 5) is 24.7. The summed E-state index contributed by atoms with van der Waals surface area (Å²) in [5.41, 5.74) is 2.39. The summed E-state index contributed by atoms with van der Waals surface area (Å²) >= 11 is 0. The van der Waals surface area contributed by atoms with Crippen LogP contribution >= 0.6 is 0 Å². The van der Waals surface area contributed by atoms with E-state index in [0.717, 1.165) is 18.4 Å². The molecule has 116 valence electrons. The van der Waals surface area contributed by atoms with Gasteiger partial charge in [-0.2, -0.15) is 0 Å². The number of fused-ring (bicyclic) bond motifs is 1. The highest BCUT2D eigenvalue weighted by molar-refractivity contribution is 5.97. The van der Waals surface area contributed by atoms with Gasteiger partial charge in [0.1, 0.15) is 0 Å². The minimum Gasteiger partial charge on any atom is -0.422 e. The van der Waals surface area contributed by atoms with Crippen LogP contribution in [0, 0.1) is 11.8 Å². The van der Waals surface area contributed by atoms with Crippen LogP contribution in [0.1, 0.15) is 37.3 Å². The van der Waals surface area contributed by atoms with E-state index in [1.54, 1.807) is 13.8 Å². The van der Waals surface area contributed by atoms with Crippen molar-refractivity contribution in [2.24, 2.45) is 11.8 Å². The molecule has 0 saturated carbocycles. The van der Waals surface area contributed by atoms with Crippen molar-refractivity contribution in [2.75, 3.05) is 0 Å². The van der Waals surface area contributed by atoms with E-state index in [4.69, 9.17) is 9.47 Å². The van der Waals surface area contributed by atoms with Gasteiger partial charge in [0.25, 0.3) is 5.79 Å². The summed E-state index contributed by atoms with van der Waals surface area (Å²) < 4.78 is 10.5. The Morgan fingerprint density at radius 2 is 1.82 bits per heavy atom. The van der Waals surface area contributed by atoms with E-state index >= 15 is 0 Å². The van der Waals surface area contributed by atoms with Crippen LogP contribution in [0.15, 0.2) is 36.9 Å². The molecule has 4 nitrogen and oxygen atoms in total. The molecule has 0 N–H and O–H groups in total. The van der Waals surface area contributed by atoms with E-state index in [9.17, 15) is 9.59 Å². The number of carbonyl (C=O) groups is 2. The lowest BCUT2D eigenvalue weighted by Crippen LogP contribution is -2.50. The predicted octanol–water partition coefficient (Wildman–Crippen LogP) is 2.97. The quantitative estimate of drug-likeness (QED) is 0.479. The molecule has 1 aliphatic carbocycles. The number of benzene rings is 1. The number of esters is 2. The highest BCUT2D eigenvalue weighted by Crippen LogP contribution is 2.43. The Balaban J connectivity index is 1.94. The fourth-order valence-electron chi connectivity index (χ4n) is 3.57. The predicted molar refractivity (Wildman–Crippen MR) is 80.9 cm³/mol. The van der Waals surface area contributed by atoms with Gasteiger partial charge < -0.3 is 9.47 Å². The molecule has 0 spiro atoms. The molecule has 0 amide bonds. The number of hydrogen-bond donors (Lipinski definition) is 0. The van der Waals surface area contributed by atoms with Gasteiger partial charge in [-0.15, -0.1) is 6.58 Å². The summed E-state index contributed by atoms with van der Waals surface area (Å²) in [6.45, 7) is 7.04. The van der Waals surface area contributed by atoms with Gasteiger partial charge in [0.2, 0.25) is 0 Å². The van der Waals surface area contributed by atoms with E-state index in [1.807, 2.05) is 24.3 Å². The molecule has 1 aromatic carbocycles. The second-order valence-corrected chi connectivity index (χ2v) is 6.38. The Labute approximate surface area is 130 Å². The minimum absolute atomic E-state index is 0.0451. The van der Waals surface area contributed by atoms with Crippen LogP contribution in [-0.4, -0.2) is 17.7 Å². The van der Waals surface area contributed by atoms with Gasteiger partial charge in [0.05, 0.1) is 0 Å². The second-order valence-electron chi connectivity index (χ2n) is 6.38. The summed E-state index contributed by atoms with van der Waals surface area (Å²) in [7, 11) is 0. The molecular formula is C18H20O4. The topological polar surface area (TPSA) is 52.6 Å². The lowest BCUT2D eigenvalue weighted by molar-refractivity contribution is -0.243. The molecule has 0 bridgehead atoms. The summed E-state index contributed by atoms with van der Waals surface area (Å²) in [6.07, 6.45) is 3.40. The average Bonchev–Trinajstić information content (AvgIpc) is 2.44. The maximum absolute atomic E-state index is 12.3. The van der Waals surface area contributed by atoms with Crippen LogP contribution in [-0.2, 0) is 25.5 Å². The third-order valence-corrected chi connectivity index (χ3v) is 4.51. The van der Waals surface area contributed by atoms with Crippen LogP contribution < -0.4 is 0 Å². The van der Waals surface area contributed by atoms with Crippen molar-refractivity contribution in [3.8, 4) is 0 Å². The molecule has 1 fully saturated rings. The van der Waals surface area contributed by atoms with Crippen molar-refractivity contribution in [2.45, 2.75) is 38.4 Å². The average molecular weight is 300 g/mol. The number of rotatable bonds is 2. The molecule has 4 heteroatoms. The van der Waals surface area contributed by atoms with E-state index in [2.05, 4.69) is 12.6 Å². The molecule has 0 radical (unpaired) electrons. The molecule has 22 heavy (non-hydrogen) atoms. The summed E-state index contributed by atoms with van der Waals surface area (Å²) in [6, 6.07) is 8.10. The number of cyclic esters (lactones) is 2. The van der Waals surface area contributed by atoms with Gasteiger partial charge in [-0.1, -0.05) is 30.3 Å². The Morgan fingerprint density at radius 3 is 2.45 bits per heavy atom. The lowest BCUT2D eigenvalue weighted by atomic mass is 9.69. The fourth-order valence-corrected chi connectivity index (χ4v) is 3.57. The van der Waals surface area contributed by atoms with Crippen LogP contribution in [0.5, 0.6) is 0 Å². The van der Waals surface area contributed by atoms with Gasteiger partial charge in [-0.3, -0.25) is 9.59 Å². The third-order valence-electron chi connectivity index (χ3n) is 4.51. The highest BCUT2D eigenvalue weighted by Gasteiger charge is 2.49. The number of allylic oxidation sites excluding steroid dienone is 1. The minimum atomic E-state index is -1.18. The van der Waals surface area contributed by atoms with Crippen LogP contribution in [0.4, 0.5) is 0 Å². The Bertz CT molecular complexity index is 612. The molecule has 3 rings (SSSR count). The van der Waals surface area contributed by atoms with Crippen molar-refractivity contribution < 1.29 is 19.1 Å². The zero-order chi connectivity index (χ0) is 15.9. The molecule has 2 atom stereocenters. The second kappa shape index (κ2) is 5.27. The van der Waals surface area contributed by atoms with E-state index < -0.39 is 23.6 Å². The highest BCUT2D eigenvalue weighted by atomic mass is 16.7. The molecule has 1 aromatic rings. The number of aryl methyl sites for hydroxylation is 1. The Hall–Kier alpha value is -2.10. The molecule has 2 aliphatic rings. The molecular weight excluding hydrogens is 280 g/mol. The van der Waals surface area contributed by atoms with Crippen molar-refractivity contribution in [3.63, 3.8) is 0 Å². The zero-order valence-corrected chi connectivity index (χ0v) is 12.9. The normalized spacial score (nSPS) is 27.5. The maximum atomic E-state index is 12.3. The van der Waals surface area contributed by atoms with E-state index in [0.29, 0.717) is 0 Å². The molecule has 1 unspecified atom stereocenters. The van der Waals surface area contributed by atoms with Gasteiger partial charge in [-0.05, 0) is 29.9 Å². The number of ether oxygens (including phenoxy) is 2. The monoisotopic (exact) mass is 300 g/mol.